The van der Waals surface area contributed by atoms with Crippen molar-refractivity contribution in [1.82, 2.24) is 9.47 Å². The third-order valence-electron chi connectivity index (χ3n) is 5.28. The van der Waals surface area contributed by atoms with Crippen molar-refractivity contribution in [2.24, 2.45) is 0 Å². The molecule has 3 rings (SSSR count). The molecular formula is C25H29ClN2O2. The van der Waals surface area contributed by atoms with Gasteiger partial charge in [-0.25, -0.2) is 0 Å². The molecule has 0 saturated carbocycles. The number of carbonyl (C=O) groups excluding carboxylic acids is 1. The molecule has 1 aromatic heterocycles. The van der Waals surface area contributed by atoms with E-state index < -0.39 is 0 Å². The van der Waals surface area contributed by atoms with Gasteiger partial charge in [-0.15, -0.1) is 0 Å². The van der Waals surface area contributed by atoms with E-state index in [1.807, 2.05) is 65.7 Å². The maximum Gasteiger partial charge on any atom is 0.249 e. The van der Waals surface area contributed by atoms with E-state index in [0.29, 0.717) is 13.2 Å². The molecule has 3 aromatic rings. The van der Waals surface area contributed by atoms with Crippen LogP contribution in [0.2, 0.25) is 5.02 Å². The van der Waals surface area contributed by atoms with Crippen molar-refractivity contribution < 1.29 is 9.53 Å². The summed E-state index contributed by atoms with van der Waals surface area (Å²) in [5.41, 5.74) is 3.29. The Morgan fingerprint density at radius 1 is 1.07 bits per heavy atom. The summed E-state index contributed by atoms with van der Waals surface area (Å²) >= 11 is 6.13. The molecule has 0 aliphatic carbocycles. The smallest absolute Gasteiger partial charge is 0.249 e. The minimum absolute atomic E-state index is 0.00999. The zero-order chi connectivity index (χ0) is 21.3. The molecule has 1 unspecified atom stereocenters. The van der Waals surface area contributed by atoms with Crippen LogP contribution in [0, 0.1) is 0 Å². The summed E-state index contributed by atoms with van der Waals surface area (Å²) in [7, 11) is 0. The molecule has 30 heavy (non-hydrogen) atoms. The number of halogens is 1. The summed E-state index contributed by atoms with van der Waals surface area (Å²) in [6.07, 6.45) is 2.93. The molecule has 0 radical (unpaired) electrons. The largest absolute Gasteiger partial charge is 0.367 e. The second-order valence-electron chi connectivity index (χ2n) is 7.51. The lowest BCUT2D eigenvalue weighted by molar-refractivity contribution is -0.139. The lowest BCUT2D eigenvalue weighted by atomic mass is 10.2. The Hall–Kier alpha value is -2.56. The first kappa shape index (κ1) is 22.1. The average Bonchev–Trinajstić information content (AvgIpc) is 3.18. The Balaban J connectivity index is 1.65. The monoisotopic (exact) mass is 424 g/mol. The number of carbonyl (C=O) groups is 1. The van der Waals surface area contributed by atoms with E-state index in [4.69, 9.17) is 16.3 Å². The van der Waals surface area contributed by atoms with E-state index in [2.05, 4.69) is 30.5 Å². The van der Waals surface area contributed by atoms with Crippen molar-refractivity contribution in [2.45, 2.75) is 46.0 Å². The van der Waals surface area contributed by atoms with Gasteiger partial charge in [0.05, 0.1) is 13.2 Å². The number of nitrogens with zero attached hydrogens (tertiary/aromatic N) is 2. The van der Waals surface area contributed by atoms with E-state index in [1.54, 1.807) is 0 Å². The van der Waals surface area contributed by atoms with E-state index in [1.165, 1.54) is 0 Å². The van der Waals surface area contributed by atoms with Crippen LogP contribution in [0.25, 0.3) is 0 Å². The molecule has 0 saturated heterocycles. The molecular weight excluding hydrogens is 396 g/mol. The first-order valence-corrected chi connectivity index (χ1v) is 10.7. The fraction of sp³-hybridized carbons (Fsp3) is 0.320. The number of hydrogen-bond donors (Lipinski definition) is 0. The molecule has 0 aliphatic rings. The highest BCUT2D eigenvalue weighted by atomic mass is 35.5. The topological polar surface area (TPSA) is 34.5 Å². The number of rotatable bonds is 10. The predicted molar refractivity (Wildman–Crippen MR) is 121 cm³/mol. The second kappa shape index (κ2) is 11.0. The number of ether oxygens (including phenoxy) is 1. The number of benzene rings is 2. The van der Waals surface area contributed by atoms with E-state index in [9.17, 15) is 4.79 Å². The summed E-state index contributed by atoms with van der Waals surface area (Å²) in [5, 5.41) is 0.730. The van der Waals surface area contributed by atoms with E-state index in [-0.39, 0.29) is 18.6 Å². The number of hydrogen-bond acceptors (Lipinski definition) is 2. The van der Waals surface area contributed by atoms with Gasteiger partial charge in [0.15, 0.2) is 0 Å². The van der Waals surface area contributed by atoms with Crippen molar-refractivity contribution in [3.63, 3.8) is 0 Å². The van der Waals surface area contributed by atoms with Gasteiger partial charge in [0, 0.05) is 29.5 Å². The Morgan fingerprint density at radius 2 is 1.83 bits per heavy atom. The van der Waals surface area contributed by atoms with Crippen LogP contribution < -0.4 is 0 Å². The molecule has 0 spiro atoms. The molecule has 0 bridgehead atoms. The third-order valence-corrected chi connectivity index (χ3v) is 5.51. The maximum atomic E-state index is 12.9. The molecule has 5 heteroatoms. The quantitative estimate of drug-likeness (QED) is 0.428. The highest BCUT2D eigenvalue weighted by Crippen LogP contribution is 2.16. The maximum absolute atomic E-state index is 12.9. The Kier molecular flexibility index (Phi) is 8.12. The van der Waals surface area contributed by atoms with Crippen molar-refractivity contribution >= 4 is 17.5 Å². The lowest BCUT2D eigenvalue weighted by Crippen LogP contribution is -2.40. The highest BCUT2D eigenvalue weighted by molar-refractivity contribution is 6.30. The number of aromatic nitrogens is 1. The molecule has 158 valence electrons. The molecule has 0 aliphatic heterocycles. The minimum atomic E-state index is 0.00999. The normalized spacial score (nSPS) is 12.0. The Bertz CT molecular complexity index is 939. The van der Waals surface area contributed by atoms with Gasteiger partial charge in [-0.2, -0.15) is 0 Å². The van der Waals surface area contributed by atoms with Gasteiger partial charge in [-0.3, -0.25) is 4.79 Å². The van der Waals surface area contributed by atoms with Crippen LogP contribution in [0.15, 0.2) is 72.9 Å². The van der Waals surface area contributed by atoms with Crippen LogP contribution in [-0.2, 0) is 29.2 Å². The van der Waals surface area contributed by atoms with Crippen LogP contribution >= 0.6 is 11.6 Å². The molecule has 4 nitrogen and oxygen atoms in total. The summed E-state index contributed by atoms with van der Waals surface area (Å²) in [6.45, 7) is 5.96. The van der Waals surface area contributed by atoms with Crippen molar-refractivity contribution in [3.05, 3.63) is 94.8 Å². The molecule has 1 heterocycles. The fourth-order valence-electron chi connectivity index (χ4n) is 3.38. The van der Waals surface area contributed by atoms with Gasteiger partial charge >= 0.3 is 0 Å². The lowest BCUT2D eigenvalue weighted by Gasteiger charge is -2.29. The Morgan fingerprint density at radius 3 is 2.57 bits per heavy atom. The van der Waals surface area contributed by atoms with Gasteiger partial charge in [0.1, 0.15) is 6.61 Å². The zero-order valence-electron chi connectivity index (χ0n) is 17.6. The Labute approximate surface area is 184 Å². The third kappa shape index (κ3) is 6.22. The summed E-state index contributed by atoms with van der Waals surface area (Å²) in [4.78, 5) is 14.9. The summed E-state index contributed by atoms with van der Waals surface area (Å²) < 4.78 is 7.87. The van der Waals surface area contributed by atoms with Gasteiger partial charge in [0.25, 0.3) is 0 Å². The van der Waals surface area contributed by atoms with E-state index >= 15 is 0 Å². The first-order valence-electron chi connectivity index (χ1n) is 10.4. The zero-order valence-corrected chi connectivity index (χ0v) is 18.4. The van der Waals surface area contributed by atoms with Gasteiger partial charge in [-0.1, -0.05) is 61.0 Å². The SMILES string of the molecule is CCC(C)N(Cc1cccn1Cc1cccc(Cl)c1)C(=O)COCc1ccccc1. The first-order chi connectivity index (χ1) is 14.6. The van der Waals surface area contributed by atoms with Crippen LogP contribution in [0.1, 0.15) is 37.1 Å². The second-order valence-corrected chi connectivity index (χ2v) is 7.95. The van der Waals surface area contributed by atoms with Gasteiger partial charge in [0.2, 0.25) is 5.91 Å². The summed E-state index contributed by atoms with van der Waals surface area (Å²) in [6, 6.07) is 22.0. The number of amides is 1. The molecule has 0 fully saturated rings. The van der Waals surface area contributed by atoms with Crippen molar-refractivity contribution in [2.75, 3.05) is 6.61 Å². The van der Waals surface area contributed by atoms with Crippen LogP contribution in [-0.4, -0.2) is 28.0 Å². The van der Waals surface area contributed by atoms with Crippen LogP contribution in [0.3, 0.4) is 0 Å². The van der Waals surface area contributed by atoms with Crippen molar-refractivity contribution in [1.29, 1.82) is 0 Å². The molecule has 0 N–H and O–H groups in total. The highest BCUT2D eigenvalue weighted by Gasteiger charge is 2.20. The van der Waals surface area contributed by atoms with Crippen LogP contribution in [0.5, 0.6) is 0 Å². The van der Waals surface area contributed by atoms with Gasteiger partial charge in [-0.05, 0) is 48.7 Å². The minimum Gasteiger partial charge on any atom is -0.367 e. The predicted octanol–water partition coefficient (Wildman–Crippen LogP) is 5.53. The van der Waals surface area contributed by atoms with Crippen molar-refractivity contribution in [3.8, 4) is 0 Å². The molecule has 2 aromatic carbocycles. The molecule has 1 atom stereocenters. The van der Waals surface area contributed by atoms with Crippen LogP contribution in [0.4, 0.5) is 0 Å². The average molecular weight is 425 g/mol. The fourth-order valence-corrected chi connectivity index (χ4v) is 3.59. The van der Waals surface area contributed by atoms with Gasteiger partial charge < -0.3 is 14.2 Å². The van der Waals surface area contributed by atoms with E-state index in [0.717, 1.165) is 34.8 Å². The standard InChI is InChI=1S/C25H29ClN2O2/c1-3-20(2)28(25(29)19-30-18-21-9-5-4-6-10-21)17-24-13-8-14-27(24)16-22-11-7-12-23(26)15-22/h4-15,20H,3,16-19H2,1-2H3. The molecule has 1 amide bonds. The summed E-state index contributed by atoms with van der Waals surface area (Å²) in [5.74, 6) is 0.00999.